The minimum absolute atomic E-state index is 0.176. The lowest BCUT2D eigenvalue weighted by Crippen LogP contribution is -2.21. The molecule has 22 heavy (non-hydrogen) atoms. The van der Waals surface area contributed by atoms with Crippen LogP contribution < -0.4 is 5.32 Å². The lowest BCUT2D eigenvalue weighted by molar-refractivity contribution is -0.142. The van der Waals surface area contributed by atoms with Crippen LogP contribution >= 0.6 is 15.9 Å². The van der Waals surface area contributed by atoms with E-state index in [0.717, 1.165) is 4.68 Å². The maximum absolute atomic E-state index is 12.8. The number of aryl methyl sites for hydroxylation is 2. The maximum Gasteiger partial charge on any atom is 0.436 e. The van der Waals surface area contributed by atoms with Crippen LogP contribution in [0.4, 0.5) is 18.9 Å². The second-order valence-corrected chi connectivity index (χ2v) is 5.44. The number of aromatic nitrogens is 3. The standard InChI is InChI=1S/C12H12BrF3N4O2/c1-5-10(7(3)22-19-5)17-8(21)4-20-6(2)9(13)11(18-20)12(14,15)16/h4H2,1-3H3,(H,17,21). The molecule has 1 amide bonds. The molecule has 0 aliphatic rings. The highest BCUT2D eigenvalue weighted by Crippen LogP contribution is 2.35. The van der Waals surface area contributed by atoms with E-state index in [0.29, 0.717) is 17.1 Å². The second kappa shape index (κ2) is 5.75. The van der Waals surface area contributed by atoms with Gasteiger partial charge in [-0.2, -0.15) is 18.3 Å². The summed E-state index contributed by atoms with van der Waals surface area (Å²) in [6.45, 7) is 4.34. The summed E-state index contributed by atoms with van der Waals surface area (Å²) in [6, 6.07) is 0. The molecule has 120 valence electrons. The van der Waals surface area contributed by atoms with Gasteiger partial charge in [0.15, 0.2) is 11.5 Å². The number of rotatable bonds is 3. The zero-order valence-corrected chi connectivity index (χ0v) is 13.5. The first-order chi connectivity index (χ1) is 10.1. The molecule has 0 fully saturated rings. The number of alkyl halides is 3. The van der Waals surface area contributed by atoms with Gasteiger partial charge in [-0.1, -0.05) is 5.16 Å². The Balaban J connectivity index is 2.19. The highest BCUT2D eigenvalue weighted by atomic mass is 79.9. The van der Waals surface area contributed by atoms with Gasteiger partial charge in [0.1, 0.15) is 17.9 Å². The number of halogens is 4. The number of hydrogen-bond acceptors (Lipinski definition) is 4. The van der Waals surface area contributed by atoms with Gasteiger partial charge in [-0.05, 0) is 36.7 Å². The number of nitrogens with zero attached hydrogens (tertiary/aromatic N) is 3. The molecule has 0 atom stereocenters. The number of nitrogens with one attached hydrogen (secondary N) is 1. The van der Waals surface area contributed by atoms with Gasteiger partial charge < -0.3 is 9.84 Å². The number of anilines is 1. The van der Waals surface area contributed by atoms with Gasteiger partial charge in [0.2, 0.25) is 5.91 Å². The topological polar surface area (TPSA) is 73.0 Å². The summed E-state index contributed by atoms with van der Waals surface area (Å²) in [6.07, 6.45) is -4.59. The molecule has 0 saturated carbocycles. The number of hydrogen-bond donors (Lipinski definition) is 1. The summed E-state index contributed by atoms with van der Waals surface area (Å²) < 4.78 is 44.0. The Hall–Kier alpha value is -1.84. The normalized spacial score (nSPS) is 11.8. The third-order valence-corrected chi connectivity index (χ3v) is 3.94. The molecule has 0 radical (unpaired) electrons. The summed E-state index contributed by atoms with van der Waals surface area (Å²) >= 11 is 2.85. The first-order valence-electron chi connectivity index (χ1n) is 6.14. The molecule has 0 aliphatic carbocycles. The molecular weight excluding hydrogens is 369 g/mol. The van der Waals surface area contributed by atoms with E-state index in [2.05, 4.69) is 31.5 Å². The highest BCUT2D eigenvalue weighted by molar-refractivity contribution is 9.10. The average Bonchev–Trinajstić information content (AvgIpc) is 2.86. The van der Waals surface area contributed by atoms with Gasteiger partial charge in [-0.25, -0.2) is 0 Å². The van der Waals surface area contributed by atoms with E-state index in [1.807, 2.05) is 0 Å². The molecule has 6 nitrogen and oxygen atoms in total. The van der Waals surface area contributed by atoms with Gasteiger partial charge in [0, 0.05) is 0 Å². The van der Waals surface area contributed by atoms with Crippen LogP contribution in [0, 0.1) is 20.8 Å². The molecule has 0 aromatic carbocycles. The lowest BCUT2D eigenvalue weighted by Gasteiger charge is -2.06. The first kappa shape index (κ1) is 16.5. The Morgan fingerprint density at radius 3 is 2.45 bits per heavy atom. The summed E-state index contributed by atoms with van der Waals surface area (Å²) in [7, 11) is 0. The van der Waals surface area contributed by atoms with Crippen molar-refractivity contribution in [1.29, 1.82) is 0 Å². The molecule has 1 N–H and O–H groups in total. The Morgan fingerprint density at radius 2 is 2.00 bits per heavy atom. The van der Waals surface area contributed by atoms with Crippen molar-refractivity contribution < 1.29 is 22.5 Å². The second-order valence-electron chi connectivity index (χ2n) is 4.65. The number of carbonyl (C=O) groups is 1. The van der Waals surface area contributed by atoms with E-state index >= 15 is 0 Å². The van der Waals surface area contributed by atoms with Crippen molar-refractivity contribution in [2.24, 2.45) is 0 Å². The van der Waals surface area contributed by atoms with E-state index in [-0.39, 0.29) is 16.7 Å². The molecular formula is C12H12BrF3N4O2. The third kappa shape index (κ3) is 3.16. The van der Waals surface area contributed by atoms with Crippen LogP contribution in [0.25, 0.3) is 0 Å². The van der Waals surface area contributed by atoms with Crippen molar-refractivity contribution in [1.82, 2.24) is 14.9 Å². The minimum atomic E-state index is -4.59. The molecule has 2 rings (SSSR count). The van der Waals surface area contributed by atoms with Gasteiger partial charge >= 0.3 is 6.18 Å². The van der Waals surface area contributed by atoms with Crippen LogP contribution in [0.3, 0.4) is 0 Å². The van der Waals surface area contributed by atoms with Crippen LogP contribution in [0.5, 0.6) is 0 Å². The van der Waals surface area contributed by atoms with Crippen molar-refractivity contribution >= 4 is 27.5 Å². The Kier molecular flexibility index (Phi) is 4.32. The zero-order valence-electron chi connectivity index (χ0n) is 11.9. The van der Waals surface area contributed by atoms with Gasteiger partial charge in [-0.3, -0.25) is 9.48 Å². The van der Waals surface area contributed by atoms with E-state index < -0.39 is 17.8 Å². The SMILES string of the molecule is Cc1noc(C)c1NC(=O)Cn1nc(C(F)(F)F)c(Br)c1C. The molecule has 2 aromatic heterocycles. The molecule has 2 aromatic rings. The van der Waals surface area contributed by atoms with E-state index in [4.69, 9.17) is 4.52 Å². The predicted molar refractivity (Wildman–Crippen MR) is 74.3 cm³/mol. The first-order valence-corrected chi connectivity index (χ1v) is 6.93. The highest BCUT2D eigenvalue weighted by Gasteiger charge is 2.38. The van der Waals surface area contributed by atoms with Crippen molar-refractivity contribution in [2.75, 3.05) is 5.32 Å². The lowest BCUT2D eigenvalue weighted by atomic mass is 10.3. The minimum Gasteiger partial charge on any atom is -0.359 e. The van der Waals surface area contributed by atoms with Crippen LogP contribution in [-0.4, -0.2) is 20.8 Å². The molecule has 10 heteroatoms. The summed E-state index contributed by atoms with van der Waals surface area (Å²) in [5, 5.41) is 9.66. The fourth-order valence-electron chi connectivity index (χ4n) is 1.84. The predicted octanol–water partition coefficient (Wildman–Crippen LogP) is 3.22. The van der Waals surface area contributed by atoms with E-state index in [1.54, 1.807) is 13.8 Å². The molecule has 0 aliphatic heterocycles. The number of amides is 1. The molecule has 0 spiro atoms. The van der Waals surface area contributed by atoms with Crippen molar-refractivity contribution in [2.45, 2.75) is 33.5 Å². The van der Waals surface area contributed by atoms with Crippen molar-refractivity contribution in [3.63, 3.8) is 0 Å². The van der Waals surface area contributed by atoms with Gasteiger partial charge in [0.05, 0.1) is 10.2 Å². The molecule has 0 saturated heterocycles. The summed E-state index contributed by atoms with van der Waals surface area (Å²) in [5.41, 5.74) is 0.0431. The summed E-state index contributed by atoms with van der Waals surface area (Å²) in [5.74, 6) is -0.110. The Labute approximate surface area is 131 Å². The molecule has 0 unspecified atom stereocenters. The molecule has 2 heterocycles. The van der Waals surface area contributed by atoms with Crippen molar-refractivity contribution in [3.05, 3.63) is 27.3 Å². The fraction of sp³-hybridized carbons (Fsp3) is 0.417. The smallest absolute Gasteiger partial charge is 0.359 e. The largest absolute Gasteiger partial charge is 0.436 e. The van der Waals surface area contributed by atoms with Crippen LogP contribution in [0.2, 0.25) is 0 Å². The van der Waals surface area contributed by atoms with Crippen LogP contribution in [0.15, 0.2) is 9.00 Å². The Morgan fingerprint density at radius 1 is 1.36 bits per heavy atom. The molecule has 0 bridgehead atoms. The van der Waals surface area contributed by atoms with E-state index in [1.165, 1.54) is 6.92 Å². The van der Waals surface area contributed by atoms with Crippen LogP contribution in [-0.2, 0) is 17.5 Å². The quantitative estimate of drug-likeness (QED) is 0.886. The maximum atomic E-state index is 12.8. The third-order valence-electron chi connectivity index (χ3n) is 2.99. The van der Waals surface area contributed by atoms with Crippen LogP contribution in [0.1, 0.15) is 22.8 Å². The van der Waals surface area contributed by atoms with Gasteiger partial charge in [-0.15, -0.1) is 0 Å². The zero-order chi connectivity index (χ0) is 16.7. The fourth-order valence-corrected chi connectivity index (χ4v) is 2.34. The average molecular weight is 381 g/mol. The van der Waals surface area contributed by atoms with E-state index in [9.17, 15) is 18.0 Å². The summed E-state index contributed by atoms with van der Waals surface area (Å²) in [4.78, 5) is 12.0. The number of carbonyl (C=O) groups excluding carboxylic acids is 1. The Bertz CT molecular complexity index is 701. The van der Waals surface area contributed by atoms with Gasteiger partial charge in [0.25, 0.3) is 0 Å². The van der Waals surface area contributed by atoms with Crippen molar-refractivity contribution in [3.8, 4) is 0 Å². The monoisotopic (exact) mass is 380 g/mol.